The molecule has 0 unspecified atom stereocenters. The van der Waals surface area contributed by atoms with Crippen LogP contribution >= 0.6 is 0 Å². The van der Waals surface area contributed by atoms with Gasteiger partial charge >= 0.3 is 5.91 Å². The summed E-state index contributed by atoms with van der Waals surface area (Å²) < 4.78 is 10.1. The molecule has 3 heteroatoms. The predicted octanol–water partition coefficient (Wildman–Crippen LogP) is 1.65. The lowest BCUT2D eigenvalue weighted by Gasteiger charge is -2.14. The first-order valence-electron chi connectivity index (χ1n) is 3.35. The van der Waals surface area contributed by atoms with Crippen LogP contribution in [0.2, 0.25) is 0 Å². The van der Waals surface area contributed by atoms with Crippen molar-refractivity contribution in [2.75, 3.05) is 13.2 Å². The normalized spacial score (nSPS) is 11.0. The van der Waals surface area contributed by atoms with Crippen LogP contribution in [0.3, 0.4) is 0 Å². The lowest BCUT2D eigenvalue weighted by Crippen LogP contribution is -2.28. The molecule has 0 aliphatic carbocycles. The van der Waals surface area contributed by atoms with Crippen molar-refractivity contribution >= 4 is 0 Å². The molecule has 0 N–H and O–H groups in total. The minimum atomic E-state index is -1.07. The van der Waals surface area contributed by atoms with E-state index in [9.17, 15) is 0 Å². The summed E-state index contributed by atoms with van der Waals surface area (Å²) in [5.41, 5.74) is 0. The van der Waals surface area contributed by atoms with Gasteiger partial charge in [-0.1, -0.05) is 0 Å². The highest BCUT2D eigenvalue weighted by molar-refractivity contribution is 4.73. The third kappa shape index (κ3) is 2.81. The summed E-state index contributed by atoms with van der Waals surface area (Å²) in [6.07, 6.45) is 0. The van der Waals surface area contributed by atoms with E-state index in [4.69, 9.17) is 16.0 Å². The summed E-state index contributed by atoms with van der Waals surface area (Å²) in [5, 5.41) is 0. The second-order valence-electron chi connectivity index (χ2n) is 1.88. The lowest BCUT2D eigenvalue weighted by molar-refractivity contribution is -0.188. The van der Waals surface area contributed by atoms with Crippen LogP contribution in [0.15, 0.2) is 0 Å². The molecule has 0 rings (SSSR count). The molecule has 0 saturated carbocycles. The molecule has 0 fully saturated rings. The molecule has 0 aromatic rings. The summed E-state index contributed by atoms with van der Waals surface area (Å²) in [5.74, 6) is -1.07. The van der Waals surface area contributed by atoms with Gasteiger partial charge < -0.3 is 0 Å². The number of hydrogen-bond acceptors (Lipinski definition) is 2. The van der Waals surface area contributed by atoms with Gasteiger partial charge in [0.2, 0.25) is 0 Å². The molecule has 10 heavy (non-hydrogen) atoms. The maximum absolute atomic E-state index is 6.74. The third-order valence-electron chi connectivity index (χ3n) is 1.03. The Morgan fingerprint density at radius 1 is 1.30 bits per heavy atom. The quantitative estimate of drug-likeness (QED) is 0.441. The average molecular weight is 143 g/mol. The summed E-state index contributed by atoms with van der Waals surface area (Å²) in [4.78, 5) is 3.20. The van der Waals surface area contributed by atoms with Crippen molar-refractivity contribution in [1.29, 1.82) is 0 Å². The van der Waals surface area contributed by atoms with E-state index in [-0.39, 0.29) is 0 Å². The van der Waals surface area contributed by atoms with E-state index in [0.717, 1.165) is 0 Å². The molecule has 58 valence electrons. The van der Waals surface area contributed by atoms with Crippen molar-refractivity contribution in [1.82, 2.24) is 0 Å². The highest BCUT2D eigenvalue weighted by atomic mass is 16.7. The monoisotopic (exact) mass is 143 g/mol. The van der Waals surface area contributed by atoms with E-state index >= 15 is 0 Å². The number of ether oxygens (including phenoxy) is 2. The van der Waals surface area contributed by atoms with Crippen LogP contribution in [0.1, 0.15) is 20.8 Å². The predicted molar refractivity (Wildman–Crippen MR) is 38.3 cm³/mol. The molecule has 0 saturated heterocycles. The van der Waals surface area contributed by atoms with Crippen LogP contribution in [-0.4, -0.2) is 19.1 Å². The molecule has 0 spiro atoms. The van der Waals surface area contributed by atoms with Gasteiger partial charge in [-0.25, -0.2) is 6.57 Å². The fourth-order valence-electron chi connectivity index (χ4n) is 0.642. The van der Waals surface area contributed by atoms with Crippen molar-refractivity contribution in [2.45, 2.75) is 26.7 Å². The van der Waals surface area contributed by atoms with Crippen molar-refractivity contribution in [2.24, 2.45) is 0 Å². The van der Waals surface area contributed by atoms with Crippen molar-refractivity contribution < 1.29 is 9.47 Å². The topological polar surface area (TPSA) is 22.8 Å². The Hall–Kier alpha value is -0.590. The summed E-state index contributed by atoms with van der Waals surface area (Å²) in [7, 11) is 0. The fraction of sp³-hybridized carbons (Fsp3) is 0.857. The third-order valence-corrected chi connectivity index (χ3v) is 1.03. The summed E-state index contributed by atoms with van der Waals surface area (Å²) in [6, 6.07) is 0. The molecule has 0 amide bonds. The molecule has 0 aliphatic rings. The van der Waals surface area contributed by atoms with E-state index < -0.39 is 5.91 Å². The Morgan fingerprint density at radius 2 is 1.70 bits per heavy atom. The highest BCUT2D eigenvalue weighted by Gasteiger charge is 2.30. The van der Waals surface area contributed by atoms with Crippen molar-refractivity contribution in [3.63, 3.8) is 0 Å². The maximum Gasteiger partial charge on any atom is 0.453 e. The molecule has 0 radical (unpaired) electrons. The van der Waals surface area contributed by atoms with Gasteiger partial charge in [-0.2, -0.15) is 0 Å². The number of nitrogens with zero attached hydrogens (tertiary/aromatic N) is 1. The molecule has 0 aromatic carbocycles. The van der Waals surface area contributed by atoms with Gasteiger partial charge in [0, 0.05) is 0 Å². The van der Waals surface area contributed by atoms with Gasteiger partial charge in [0.1, 0.15) is 0 Å². The standard InChI is InChI=1S/C7H13NO2/c1-5-9-7(3,8-4)10-6-2/h5-6H2,1-3H3. The second-order valence-corrected chi connectivity index (χ2v) is 1.88. The highest BCUT2D eigenvalue weighted by Crippen LogP contribution is 2.12. The molecule has 0 aliphatic heterocycles. The molecule has 0 heterocycles. The first-order valence-corrected chi connectivity index (χ1v) is 3.35. The smallest absolute Gasteiger partial charge is 0.284 e. The van der Waals surface area contributed by atoms with Gasteiger partial charge in [-0.3, -0.25) is 14.3 Å². The van der Waals surface area contributed by atoms with E-state index in [1.807, 2.05) is 13.8 Å². The van der Waals surface area contributed by atoms with Gasteiger partial charge in [0.25, 0.3) is 0 Å². The molecular formula is C7H13NO2. The van der Waals surface area contributed by atoms with Crippen LogP contribution in [0.25, 0.3) is 4.85 Å². The summed E-state index contributed by atoms with van der Waals surface area (Å²) >= 11 is 0. The Kier molecular flexibility index (Phi) is 4.01. The maximum atomic E-state index is 6.74. The zero-order valence-electron chi connectivity index (χ0n) is 6.68. The molecule has 0 aromatic heterocycles. The fourth-order valence-corrected chi connectivity index (χ4v) is 0.642. The van der Waals surface area contributed by atoms with E-state index in [0.29, 0.717) is 13.2 Å². The van der Waals surface area contributed by atoms with Gasteiger partial charge in [-0.15, -0.1) is 0 Å². The van der Waals surface area contributed by atoms with Crippen LogP contribution in [0.4, 0.5) is 0 Å². The Bertz CT molecular complexity index is 122. The van der Waals surface area contributed by atoms with Gasteiger partial charge in [-0.05, 0) is 13.8 Å². The zero-order valence-corrected chi connectivity index (χ0v) is 6.68. The molecule has 0 atom stereocenters. The SMILES string of the molecule is [C-]#[N+]C(C)(OCC)OCC. The number of hydrogen-bond donors (Lipinski definition) is 0. The molecule has 3 nitrogen and oxygen atoms in total. The average Bonchev–Trinajstić information content (AvgIpc) is 1.89. The van der Waals surface area contributed by atoms with E-state index in [1.165, 1.54) is 0 Å². The summed E-state index contributed by atoms with van der Waals surface area (Å²) in [6.45, 7) is 13.0. The Morgan fingerprint density at radius 3 is 1.90 bits per heavy atom. The van der Waals surface area contributed by atoms with Gasteiger partial charge in [0.05, 0.1) is 20.1 Å². The Balaban J connectivity index is 3.85. The Labute approximate surface area is 61.8 Å². The van der Waals surface area contributed by atoms with Crippen LogP contribution in [0, 0.1) is 6.57 Å². The lowest BCUT2D eigenvalue weighted by atomic mass is 10.5. The molecule has 0 bridgehead atoms. The van der Waals surface area contributed by atoms with E-state index in [2.05, 4.69) is 4.85 Å². The molecular weight excluding hydrogens is 130 g/mol. The van der Waals surface area contributed by atoms with E-state index in [1.54, 1.807) is 6.92 Å². The minimum Gasteiger partial charge on any atom is -0.284 e. The van der Waals surface area contributed by atoms with Crippen molar-refractivity contribution in [3.05, 3.63) is 11.4 Å². The van der Waals surface area contributed by atoms with Crippen LogP contribution < -0.4 is 0 Å². The van der Waals surface area contributed by atoms with Crippen LogP contribution in [-0.2, 0) is 9.47 Å². The van der Waals surface area contributed by atoms with Gasteiger partial charge in [0.15, 0.2) is 0 Å². The van der Waals surface area contributed by atoms with Crippen molar-refractivity contribution in [3.8, 4) is 0 Å². The largest absolute Gasteiger partial charge is 0.453 e. The number of rotatable bonds is 4. The zero-order chi connectivity index (χ0) is 8.04. The second kappa shape index (κ2) is 4.26. The first kappa shape index (κ1) is 9.41. The van der Waals surface area contributed by atoms with Crippen LogP contribution in [0.5, 0.6) is 0 Å². The minimum absolute atomic E-state index is 0.499. The first-order chi connectivity index (χ1) is 4.68.